The molecule has 0 aliphatic carbocycles. The van der Waals surface area contributed by atoms with Crippen LogP contribution in [0.4, 0.5) is 11.4 Å². The fraction of sp³-hybridized carbons (Fsp3) is 0.231. The number of hydrogen-bond acceptors (Lipinski definition) is 3. The fourth-order valence-electron chi connectivity index (χ4n) is 1.67. The Balaban J connectivity index is 2.36. The lowest BCUT2D eigenvalue weighted by molar-refractivity contribution is 0.101. The monoisotopic (exact) mass is 229 g/mol. The Morgan fingerprint density at radius 2 is 2.00 bits per heavy atom. The van der Waals surface area contributed by atoms with E-state index in [-0.39, 0.29) is 5.78 Å². The van der Waals surface area contributed by atoms with Crippen molar-refractivity contribution in [3.63, 3.8) is 0 Å². The van der Waals surface area contributed by atoms with E-state index in [1.165, 1.54) is 0 Å². The molecule has 0 aliphatic heterocycles. The van der Waals surface area contributed by atoms with Crippen molar-refractivity contribution in [2.45, 2.75) is 13.8 Å². The molecular formula is C13H15N3O. The van der Waals surface area contributed by atoms with E-state index in [4.69, 9.17) is 0 Å². The molecule has 2 aromatic rings. The molecule has 0 aliphatic rings. The van der Waals surface area contributed by atoms with Crippen molar-refractivity contribution in [1.82, 2.24) is 9.78 Å². The quantitative estimate of drug-likeness (QED) is 0.823. The summed E-state index contributed by atoms with van der Waals surface area (Å²) in [6.45, 7) is 3.54. The molecule has 0 atom stereocenters. The summed E-state index contributed by atoms with van der Waals surface area (Å²) in [4.78, 5) is 11.5. The number of nitrogens with one attached hydrogen (secondary N) is 1. The molecule has 1 aromatic carbocycles. The van der Waals surface area contributed by atoms with E-state index in [2.05, 4.69) is 10.4 Å². The summed E-state index contributed by atoms with van der Waals surface area (Å²) in [6.07, 6.45) is 1.76. The van der Waals surface area contributed by atoms with Gasteiger partial charge in [-0.3, -0.25) is 9.48 Å². The van der Waals surface area contributed by atoms with E-state index in [9.17, 15) is 4.79 Å². The number of ketones is 1. The number of Topliss-reactive ketones (excluding diaryl/α,β-unsaturated/α-hetero) is 1. The van der Waals surface area contributed by atoms with Crippen LogP contribution in [0.2, 0.25) is 0 Å². The Bertz CT molecular complexity index is 558. The lowest BCUT2D eigenvalue weighted by atomic mass is 10.1. The number of benzene rings is 1. The number of anilines is 2. The number of hydrogen-bond donors (Lipinski definition) is 1. The number of carbonyl (C=O) groups is 1. The van der Waals surface area contributed by atoms with Gasteiger partial charge in [0.05, 0.1) is 17.6 Å². The normalized spacial score (nSPS) is 10.3. The van der Waals surface area contributed by atoms with Gasteiger partial charge < -0.3 is 5.32 Å². The maximum Gasteiger partial charge on any atom is 0.161 e. The van der Waals surface area contributed by atoms with E-state index in [1.807, 2.05) is 38.2 Å². The fourth-order valence-corrected chi connectivity index (χ4v) is 1.67. The van der Waals surface area contributed by atoms with Crippen molar-refractivity contribution in [2.24, 2.45) is 7.05 Å². The molecule has 0 bridgehead atoms. The molecule has 0 amide bonds. The van der Waals surface area contributed by atoms with Crippen LogP contribution in [0, 0.1) is 6.92 Å². The Kier molecular flexibility index (Phi) is 2.95. The van der Waals surface area contributed by atoms with Crippen LogP contribution < -0.4 is 5.32 Å². The minimum Gasteiger partial charge on any atom is -0.352 e. The summed E-state index contributed by atoms with van der Waals surface area (Å²) < 4.78 is 1.79. The van der Waals surface area contributed by atoms with Crippen molar-refractivity contribution in [3.8, 4) is 0 Å². The molecule has 1 N–H and O–H groups in total. The average molecular weight is 229 g/mol. The van der Waals surface area contributed by atoms with Gasteiger partial charge in [0.15, 0.2) is 5.78 Å². The van der Waals surface area contributed by atoms with E-state index >= 15 is 0 Å². The van der Waals surface area contributed by atoms with Crippen LogP contribution >= 0.6 is 0 Å². The standard InChI is InChI=1S/C13H15N3O/c1-9-13(8-14-16(9)3)15-12-7-5-4-6-11(12)10(2)17/h4-8,15H,1-3H3. The summed E-state index contributed by atoms with van der Waals surface area (Å²) in [7, 11) is 1.89. The molecule has 2 rings (SSSR count). The van der Waals surface area contributed by atoms with Crippen molar-refractivity contribution in [3.05, 3.63) is 41.7 Å². The Morgan fingerprint density at radius 3 is 2.59 bits per heavy atom. The Morgan fingerprint density at radius 1 is 1.29 bits per heavy atom. The summed E-state index contributed by atoms with van der Waals surface area (Å²) in [5, 5.41) is 7.39. The van der Waals surface area contributed by atoms with Crippen LogP contribution in [0.1, 0.15) is 23.0 Å². The molecule has 1 aromatic heterocycles. The highest BCUT2D eigenvalue weighted by atomic mass is 16.1. The highest BCUT2D eigenvalue weighted by molar-refractivity contribution is 6.00. The molecule has 88 valence electrons. The molecular weight excluding hydrogens is 214 g/mol. The minimum absolute atomic E-state index is 0.0506. The molecule has 0 radical (unpaired) electrons. The first kappa shape index (κ1) is 11.4. The summed E-state index contributed by atoms with van der Waals surface area (Å²) in [5.41, 5.74) is 3.46. The molecule has 0 saturated heterocycles. The lowest BCUT2D eigenvalue weighted by Gasteiger charge is -2.09. The molecule has 0 unspecified atom stereocenters. The molecule has 4 heteroatoms. The zero-order valence-corrected chi connectivity index (χ0v) is 10.2. The molecule has 0 spiro atoms. The van der Waals surface area contributed by atoms with Crippen LogP contribution in [0.25, 0.3) is 0 Å². The minimum atomic E-state index is 0.0506. The average Bonchev–Trinajstić information content (AvgIpc) is 2.61. The lowest BCUT2D eigenvalue weighted by Crippen LogP contribution is -2.01. The molecule has 1 heterocycles. The van der Waals surface area contributed by atoms with Gasteiger partial charge >= 0.3 is 0 Å². The Labute approximate surface area is 100 Å². The van der Waals surface area contributed by atoms with E-state index in [0.717, 1.165) is 17.1 Å². The topological polar surface area (TPSA) is 46.9 Å². The molecule has 4 nitrogen and oxygen atoms in total. The van der Waals surface area contributed by atoms with Gasteiger partial charge in [-0.25, -0.2) is 0 Å². The van der Waals surface area contributed by atoms with Gasteiger partial charge in [0.2, 0.25) is 0 Å². The number of carbonyl (C=O) groups excluding carboxylic acids is 1. The second-order valence-electron chi connectivity index (χ2n) is 3.99. The first-order chi connectivity index (χ1) is 8.09. The van der Waals surface area contributed by atoms with Gasteiger partial charge in [0.25, 0.3) is 0 Å². The van der Waals surface area contributed by atoms with Gasteiger partial charge in [-0.15, -0.1) is 0 Å². The zero-order chi connectivity index (χ0) is 12.4. The van der Waals surface area contributed by atoms with Crippen LogP contribution in [0.5, 0.6) is 0 Å². The third-order valence-corrected chi connectivity index (χ3v) is 2.81. The van der Waals surface area contributed by atoms with Crippen molar-refractivity contribution < 1.29 is 4.79 Å². The highest BCUT2D eigenvalue weighted by Gasteiger charge is 2.09. The zero-order valence-electron chi connectivity index (χ0n) is 10.2. The van der Waals surface area contributed by atoms with Crippen molar-refractivity contribution in [2.75, 3.05) is 5.32 Å². The van der Waals surface area contributed by atoms with Crippen LogP contribution in [-0.4, -0.2) is 15.6 Å². The Hall–Kier alpha value is -2.10. The largest absolute Gasteiger partial charge is 0.352 e. The second-order valence-corrected chi connectivity index (χ2v) is 3.99. The number of nitrogens with zero attached hydrogens (tertiary/aromatic N) is 2. The first-order valence-corrected chi connectivity index (χ1v) is 5.45. The predicted molar refractivity (Wildman–Crippen MR) is 67.7 cm³/mol. The van der Waals surface area contributed by atoms with Gasteiger partial charge in [0, 0.05) is 18.3 Å². The smallest absolute Gasteiger partial charge is 0.161 e. The van der Waals surface area contributed by atoms with E-state index in [1.54, 1.807) is 17.8 Å². The predicted octanol–water partition coefficient (Wildman–Crippen LogP) is 2.67. The molecule has 0 fully saturated rings. The van der Waals surface area contributed by atoms with Gasteiger partial charge in [-0.05, 0) is 26.0 Å². The summed E-state index contributed by atoms with van der Waals surface area (Å²) >= 11 is 0. The van der Waals surface area contributed by atoms with Crippen molar-refractivity contribution >= 4 is 17.2 Å². The maximum atomic E-state index is 11.5. The van der Waals surface area contributed by atoms with Gasteiger partial charge in [-0.1, -0.05) is 12.1 Å². The summed E-state index contributed by atoms with van der Waals surface area (Å²) in [5.74, 6) is 0.0506. The number of rotatable bonds is 3. The molecule has 0 saturated carbocycles. The van der Waals surface area contributed by atoms with Crippen LogP contribution in [-0.2, 0) is 7.05 Å². The van der Waals surface area contributed by atoms with E-state index < -0.39 is 0 Å². The van der Waals surface area contributed by atoms with Crippen LogP contribution in [0.15, 0.2) is 30.5 Å². The number of para-hydroxylation sites is 1. The SMILES string of the molecule is CC(=O)c1ccccc1Nc1cnn(C)c1C. The molecule has 17 heavy (non-hydrogen) atoms. The third kappa shape index (κ3) is 2.20. The van der Waals surface area contributed by atoms with E-state index in [0.29, 0.717) is 5.56 Å². The van der Waals surface area contributed by atoms with Gasteiger partial charge in [-0.2, -0.15) is 5.10 Å². The number of aromatic nitrogens is 2. The first-order valence-electron chi connectivity index (χ1n) is 5.45. The van der Waals surface area contributed by atoms with Crippen LogP contribution in [0.3, 0.4) is 0 Å². The maximum absolute atomic E-state index is 11.5. The third-order valence-electron chi connectivity index (χ3n) is 2.81. The van der Waals surface area contributed by atoms with Crippen molar-refractivity contribution in [1.29, 1.82) is 0 Å². The van der Waals surface area contributed by atoms with Gasteiger partial charge in [0.1, 0.15) is 0 Å². The second kappa shape index (κ2) is 4.41. The number of aryl methyl sites for hydroxylation is 1. The summed E-state index contributed by atoms with van der Waals surface area (Å²) in [6, 6.07) is 7.47. The highest BCUT2D eigenvalue weighted by Crippen LogP contribution is 2.23.